The van der Waals surface area contributed by atoms with E-state index < -0.39 is 0 Å². The number of hydrogen-bond acceptors (Lipinski definition) is 3. The van der Waals surface area contributed by atoms with E-state index in [9.17, 15) is 0 Å². The van der Waals surface area contributed by atoms with Crippen molar-refractivity contribution in [2.45, 2.75) is 6.17 Å². The Bertz CT molecular complexity index is 235. The lowest BCUT2D eigenvalue weighted by molar-refractivity contribution is 0.827. The fourth-order valence-electron chi connectivity index (χ4n) is 0.827. The number of dihydropyridines is 1. The zero-order valence-electron chi connectivity index (χ0n) is 4.73. The molecule has 0 radical (unpaired) electrons. The van der Waals surface area contributed by atoms with Crippen molar-refractivity contribution in [3.05, 3.63) is 23.9 Å². The highest BCUT2D eigenvalue weighted by molar-refractivity contribution is 5.74. The molecular formula is C6H5N3. The Labute approximate surface area is 52.5 Å². The highest BCUT2D eigenvalue weighted by Gasteiger charge is 2.13. The molecule has 0 saturated carbocycles. The van der Waals surface area contributed by atoms with Gasteiger partial charge in [0.25, 0.3) is 0 Å². The average Bonchev–Trinajstić information content (AvgIpc) is 2.33. The standard InChI is InChI=1S/C6H5N3/c1-2-5-4-8-9-6(5)7-3-1/h1-4,6H/t6-/m1/s1. The summed E-state index contributed by atoms with van der Waals surface area (Å²) in [6, 6.07) is 0. The topological polar surface area (TPSA) is 37.1 Å². The summed E-state index contributed by atoms with van der Waals surface area (Å²) in [5.41, 5.74) is 1.08. The fraction of sp³-hybridized carbons (Fsp3) is 0.167. The molecule has 0 spiro atoms. The molecule has 9 heavy (non-hydrogen) atoms. The molecule has 0 unspecified atom stereocenters. The first kappa shape index (κ1) is 4.61. The van der Waals surface area contributed by atoms with Crippen LogP contribution in [0, 0.1) is 0 Å². The molecule has 0 fully saturated rings. The number of nitrogens with zero attached hydrogens (tertiary/aromatic N) is 3. The van der Waals surface area contributed by atoms with Gasteiger partial charge in [0.1, 0.15) is 0 Å². The minimum atomic E-state index is -0.0324. The molecule has 0 aromatic carbocycles. The molecule has 0 amide bonds. The molecule has 2 aliphatic heterocycles. The third kappa shape index (κ3) is 0.614. The quantitative estimate of drug-likeness (QED) is 0.461. The van der Waals surface area contributed by atoms with Crippen molar-refractivity contribution in [2.24, 2.45) is 15.2 Å². The van der Waals surface area contributed by atoms with E-state index >= 15 is 0 Å². The molecule has 0 aromatic heterocycles. The molecular weight excluding hydrogens is 114 g/mol. The van der Waals surface area contributed by atoms with Gasteiger partial charge in [0.05, 0.1) is 6.20 Å². The van der Waals surface area contributed by atoms with Crippen LogP contribution >= 0.6 is 0 Å². The molecule has 0 bridgehead atoms. The van der Waals surface area contributed by atoms with Crippen LogP contribution in [0.2, 0.25) is 0 Å². The van der Waals surface area contributed by atoms with Gasteiger partial charge in [0.2, 0.25) is 0 Å². The maximum Gasteiger partial charge on any atom is 0.187 e. The van der Waals surface area contributed by atoms with Gasteiger partial charge in [-0.1, -0.05) is 6.08 Å². The van der Waals surface area contributed by atoms with Crippen molar-refractivity contribution >= 4 is 6.21 Å². The second-order valence-corrected chi connectivity index (χ2v) is 1.89. The Morgan fingerprint density at radius 2 is 2.44 bits per heavy atom. The van der Waals surface area contributed by atoms with Gasteiger partial charge < -0.3 is 0 Å². The summed E-state index contributed by atoms with van der Waals surface area (Å²) >= 11 is 0. The molecule has 2 heterocycles. The van der Waals surface area contributed by atoms with Gasteiger partial charge >= 0.3 is 0 Å². The largest absolute Gasteiger partial charge is 0.260 e. The minimum Gasteiger partial charge on any atom is -0.260 e. The molecule has 0 aliphatic carbocycles. The van der Waals surface area contributed by atoms with Crippen LogP contribution in [0.1, 0.15) is 0 Å². The molecule has 3 nitrogen and oxygen atoms in total. The summed E-state index contributed by atoms with van der Waals surface area (Å²) in [6.45, 7) is 0. The molecule has 44 valence electrons. The third-order valence-corrected chi connectivity index (χ3v) is 1.28. The molecule has 1 atom stereocenters. The van der Waals surface area contributed by atoms with Crippen LogP contribution in [-0.4, -0.2) is 12.4 Å². The van der Waals surface area contributed by atoms with Crippen LogP contribution in [0.5, 0.6) is 0 Å². The van der Waals surface area contributed by atoms with Gasteiger partial charge in [-0.2, -0.15) is 10.2 Å². The second-order valence-electron chi connectivity index (χ2n) is 1.89. The summed E-state index contributed by atoms with van der Waals surface area (Å²) in [4.78, 5) is 4.05. The monoisotopic (exact) mass is 119 g/mol. The molecule has 2 rings (SSSR count). The summed E-state index contributed by atoms with van der Waals surface area (Å²) in [5.74, 6) is 0. The SMILES string of the molecule is C1=CC2=CN=N[C@H]2N=C1. The van der Waals surface area contributed by atoms with Crippen molar-refractivity contribution in [2.75, 3.05) is 0 Å². The lowest BCUT2D eigenvalue weighted by Crippen LogP contribution is -2.02. The fourth-order valence-corrected chi connectivity index (χ4v) is 0.827. The smallest absolute Gasteiger partial charge is 0.187 e. The van der Waals surface area contributed by atoms with Gasteiger partial charge in [-0.25, -0.2) is 0 Å². The number of allylic oxidation sites excluding steroid dienone is 1. The van der Waals surface area contributed by atoms with E-state index in [0.29, 0.717) is 0 Å². The Kier molecular flexibility index (Phi) is 0.828. The van der Waals surface area contributed by atoms with E-state index in [2.05, 4.69) is 15.2 Å². The van der Waals surface area contributed by atoms with E-state index in [1.165, 1.54) is 0 Å². The predicted molar refractivity (Wildman–Crippen MR) is 34.4 cm³/mol. The van der Waals surface area contributed by atoms with E-state index in [0.717, 1.165) is 5.57 Å². The lowest BCUT2D eigenvalue weighted by Gasteiger charge is -2.02. The summed E-state index contributed by atoms with van der Waals surface area (Å²) < 4.78 is 0. The van der Waals surface area contributed by atoms with Crippen molar-refractivity contribution in [1.82, 2.24) is 0 Å². The Morgan fingerprint density at radius 1 is 1.44 bits per heavy atom. The van der Waals surface area contributed by atoms with Crippen LogP contribution < -0.4 is 0 Å². The predicted octanol–water partition coefficient (Wildman–Crippen LogP) is 1.30. The third-order valence-electron chi connectivity index (χ3n) is 1.28. The first-order valence-corrected chi connectivity index (χ1v) is 2.77. The van der Waals surface area contributed by atoms with Crippen LogP contribution in [0.25, 0.3) is 0 Å². The van der Waals surface area contributed by atoms with Crippen LogP contribution in [0.4, 0.5) is 0 Å². The van der Waals surface area contributed by atoms with Crippen molar-refractivity contribution < 1.29 is 0 Å². The first-order chi connectivity index (χ1) is 4.47. The maximum atomic E-state index is 4.05. The highest BCUT2D eigenvalue weighted by Crippen LogP contribution is 2.18. The molecule has 3 heteroatoms. The zero-order chi connectivity index (χ0) is 6.10. The Morgan fingerprint density at radius 3 is 3.33 bits per heavy atom. The van der Waals surface area contributed by atoms with Gasteiger partial charge in [-0.15, -0.1) is 0 Å². The Balaban J connectivity index is 2.40. The molecule has 2 aliphatic rings. The number of rotatable bonds is 0. The van der Waals surface area contributed by atoms with Crippen molar-refractivity contribution in [1.29, 1.82) is 0 Å². The maximum absolute atomic E-state index is 4.05. The van der Waals surface area contributed by atoms with Gasteiger partial charge in [0.15, 0.2) is 6.17 Å². The van der Waals surface area contributed by atoms with Gasteiger partial charge in [-0.05, 0) is 6.08 Å². The molecule has 0 saturated heterocycles. The highest BCUT2D eigenvalue weighted by atomic mass is 15.2. The summed E-state index contributed by atoms with van der Waals surface area (Å²) in [5, 5.41) is 7.57. The van der Waals surface area contributed by atoms with Crippen LogP contribution in [0.15, 0.2) is 39.1 Å². The van der Waals surface area contributed by atoms with Crippen LogP contribution in [0.3, 0.4) is 0 Å². The molecule has 0 N–H and O–H groups in total. The first-order valence-electron chi connectivity index (χ1n) is 2.77. The van der Waals surface area contributed by atoms with Gasteiger partial charge in [0, 0.05) is 11.8 Å². The minimum absolute atomic E-state index is 0.0324. The number of aliphatic imine (C=N–C) groups is 1. The van der Waals surface area contributed by atoms with Crippen molar-refractivity contribution in [3.8, 4) is 0 Å². The zero-order valence-corrected chi connectivity index (χ0v) is 4.73. The van der Waals surface area contributed by atoms with E-state index in [4.69, 9.17) is 0 Å². The number of hydrogen-bond donors (Lipinski definition) is 0. The second kappa shape index (κ2) is 1.62. The molecule has 0 aromatic rings. The summed E-state index contributed by atoms with van der Waals surface area (Å²) in [7, 11) is 0. The lowest BCUT2D eigenvalue weighted by atomic mass is 10.2. The number of azo groups is 1. The van der Waals surface area contributed by atoms with E-state index in [1.54, 1.807) is 12.4 Å². The Hall–Kier alpha value is -1.25. The van der Waals surface area contributed by atoms with E-state index in [1.807, 2.05) is 12.2 Å². The van der Waals surface area contributed by atoms with Crippen LogP contribution in [-0.2, 0) is 0 Å². The van der Waals surface area contributed by atoms with E-state index in [-0.39, 0.29) is 6.17 Å². The normalized spacial score (nSPS) is 28.4. The van der Waals surface area contributed by atoms with Crippen molar-refractivity contribution in [3.63, 3.8) is 0 Å². The number of fused-ring (bicyclic) bond motifs is 1. The average molecular weight is 119 g/mol. The van der Waals surface area contributed by atoms with Gasteiger partial charge in [-0.3, -0.25) is 4.99 Å². The summed E-state index contributed by atoms with van der Waals surface area (Å²) in [6.07, 6.45) is 7.30.